The Morgan fingerprint density at radius 2 is 1.19 bits per heavy atom. The summed E-state index contributed by atoms with van der Waals surface area (Å²) in [5, 5.41) is 6.77. The van der Waals surface area contributed by atoms with Crippen LogP contribution < -0.4 is 0 Å². The fraction of sp³-hybridized carbons (Fsp3) is 0. The molecule has 0 spiro atoms. The van der Waals surface area contributed by atoms with Gasteiger partial charge in [0, 0.05) is 32.7 Å². The Bertz CT molecular complexity index is 2140. The van der Waals surface area contributed by atoms with Crippen molar-refractivity contribution in [3.8, 4) is 22.5 Å². The number of hydrogen-bond acceptors (Lipinski definition) is 3. The number of nitrogens with zero attached hydrogens (tertiary/aromatic N) is 2. The van der Waals surface area contributed by atoms with Gasteiger partial charge in [0.05, 0.1) is 22.4 Å². The molecule has 0 saturated heterocycles. The third-order valence-corrected chi connectivity index (χ3v) is 7.24. The average Bonchev–Trinajstić information content (AvgIpc) is 3.36. The predicted octanol–water partition coefficient (Wildman–Crippen LogP) is 9.17. The van der Waals surface area contributed by atoms with Crippen molar-refractivity contribution in [1.29, 1.82) is 0 Å². The average molecular weight is 473 g/mol. The van der Waals surface area contributed by atoms with Crippen LogP contribution in [0.3, 0.4) is 0 Å². The van der Waals surface area contributed by atoms with Crippen molar-refractivity contribution in [2.24, 2.45) is 0 Å². The summed E-state index contributed by atoms with van der Waals surface area (Å²) in [6, 6.07) is 41.9. The number of fused-ring (bicyclic) bond motifs is 8. The van der Waals surface area contributed by atoms with Gasteiger partial charge < -0.3 is 4.42 Å². The number of hydrogen-bond donors (Lipinski definition) is 0. The molecule has 0 atom stereocenters. The lowest BCUT2D eigenvalue weighted by atomic mass is 9.99. The van der Waals surface area contributed by atoms with E-state index in [2.05, 4.69) is 91.0 Å². The van der Waals surface area contributed by atoms with Crippen LogP contribution in [0, 0.1) is 0 Å². The van der Waals surface area contributed by atoms with Gasteiger partial charge >= 0.3 is 0 Å². The molecule has 8 rings (SSSR count). The number of para-hydroxylation sites is 1. The van der Waals surface area contributed by atoms with E-state index in [9.17, 15) is 0 Å². The first-order valence-corrected chi connectivity index (χ1v) is 12.4. The van der Waals surface area contributed by atoms with Gasteiger partial charge in [0.15, 0.2) is 0 Å². The van der Waals surface area contributed by atoms with Crippen LogP contribution in [-0.4, -0.2) is 9.97 Å². The molecule has 8 aromatic rings. The number of benzene rings is 6. The second-order valence-corrected chi connectivity index (χ2v) is 9.42. The van der Waals surface area contributed by atoms with Gasteiger partial charge in [-0.15, -0.1) is 0 Å². The first-order valence-electron chi connectivity index (χ1n) is 12.4. The first kappa shape index (κ1) is 20.2. The molecule has 0 saturated carbocycles. The van der Waals surface area contributed by atoms with Crippen molar-refractivity contribution in [3.05, 3.63) is 121 Å². The number of rotatable bonds is 2. The lowest BCUT2D eigenvalue weighted by Gasteiger charge is -2.13. The zero-order valence-corrected chi connectivity index (χ0v) is 19.8. The van der Waals surface area contributed by atoms with Gasteiger partial charge in [0.25, 0.3) is 0 Å². The minimum atomic E-state index is 0.876. The van der Waals surface area contributed by atoms with Crippen LogP contribution in [0.1, 0.15) is 0 Å². The molecule has 172 valence electrons. The molecule has 37 heavy (non-hydrogen) atoms. The Labute approximate surface area is 212 Å². The first-order chi connectivity index (χ1) is 18.3. The molecule has 3 nitrogen and oxygen atoms in total. The summed E-state index contributed by atoms with van der Waals surface area (Å²) in [7, 11) is 0. The predicted molar refractivity (Wildman–Crippen MR) is 153 cm³/mol. The van der Waals surface area contributed by atoms with Gasteiger partial charge in [-0.05, 0) is 41.1 Å². The molecule has 0 bridgehead atoms. The molecule has 0 N–H and O–H groups in total. The topological polar surface area (TPSA) is 38.9 Å². The maximum absolute atomic E-state index is 6.27. The van der Waals surface area contributed by atoms with E-state index < -0.39 is 0 Å². The third kappa shape index (κ3) is 3.08. The highest BCUT2D eigenvalue weighted by Gasteiger charge is 2.16. The highest BCUT2D eigenvalue weighted by atomic mass is 16.3. The Hall–Kier alpha value is -5.02. The molecular weight excluding hydrogens is 452 g/mol. The summed E-state index contributed by atoms with van der Waals surface area (Å²) >= 11 is 0. The van der Waals surface area contributed by atoms with Crippen LogP contribution >= 0.6 is 0 Å². The van der Waals surface area contributed by atoms with Crippen molar-refractivity contribution in [2.75, 3.05) is 0 Å². The maximum atomic E-state index is 6.27. The molecule has 0 aliphatic heterocycles. The summed E-state index contributed by atoms with van der Waals surface area (Å²) in [5.41, 5.74) is 7.48. The Morgan fingerprint density at radius 3 is 2.11 bits per heavy atom. The van der Waals surface area contributed by atoms with Crippen LogP contribution in [0.5, 0.6) is 0 Å². The van der Waals surface area contributed by atoms with Gasteiger partial charge in [-0.1, -0.05) is 91.0 Å². The Morgan fingerprint density at radius 1 is 0.459 bits per heavy atom. The molecule has 6 aromatic carbocycles. The smallest absolute Gasteiger partial charge is 0.143 e. The zero-order chi connectivity index (χ0) is 24.3. The summed E-state index contributed by atoms with van der Waals surface area (Å²) in [5.74, 6) is 0. The van der Waals surface area contributed by atoms with Crippen LogP contribution in [0.4, 0.5) is 0 Å². The summed E-state index contributed by atoms with van der Waals surface area (Å²) < 4.78 is 6.27. The summed E-state index contributed by atoms with van der Waals surface area (Å²) in [6.07, 6.45) is 0. The molecule has 0 amide bonds. The van der Waals surface area contributed by atoms with Gasteiger partial charge in [-0.2, -0.15) is 0 Å². The molecule has 3 heteroatoms. The molecular formula is C34H20N2O. The second kappa shape index (κ2) is 7.74. The minimum absolute atomic E-state index is 0.876. The van der Waals surface area contributed by atoms with Gasteiger partial charge in [-0.25, -0.2) is 9.97 Å². The molecule has 0 aliphatic carbocycles. The third-order valence-electron chi connectivity index (χ3n) is 7.24. The van der Waals surface area contributed by atoms with Crippen molar-refractivity contribution in [3.63, 3.8) is 0 Å². The summed E-state index contributed by atoms with van der Waals surface area (Å²) in [6.45, 7) is 0. The van der Waals surface area contributed by atoms with E-state index in [4.69, 9.17) is 14.4 Å². The molecule has 0 aliphatic rings. The minimum Gasteiger partial charge on any atom is -0.455 e. The highest BCUT2D eigenvalue weighted by molar-refractivity contribution is 6.15. The SMILES string of the molecule is c1ccc(-c2nc3c(ccc4ccccc43)nc2-c2ccc3c(ccc4c5ccccc5oc34)c2)cc1. The lowest BCUT2D eigenvalue weighted by molar-refractivity contribution is 0.672. The van der Waals surface area contributed by atoms with Crippen molar-refractivity contribution < 1.29 is 4.42 Å². The van der Waals surface area contributed by atoms with Crippen LogP contribution in [0.15, 0.2) is 126 Å². The maximum Gasteiger partial charge on any atom is 0.143 e. The van der Waals surface area contributed by atoms with E-state index in [1.807, 2.05) is 30.3 Å². The van der Waals surface area contributed by atoms with E-state index in [1.54, 1.807) is 0 Å². The molecule has 0 fully saturated rings. The van der Waals surface area contributed by atoms with Crippen LogP contribution in [0.2, 0.25) is 0 Å². The van der Waals surface area contributed by atoms with E-state index in [1.165, 1.54) is 0 Å². The Balaban J connectivity index is 1.40. The van der Waals surface area contributed by atoms with E-state index in [0.29, 0.717) is 0 Å². The van der Waals surface area contributed by atoms with E-state index in [0.717, 1.165) is 77.0 Å². The van der Waals surface area contributed by atoms with Crippen LogP contribution in [-0.2, 0) is 0 Å². The van der Waals surface area contributed by atoms with Crippen molar-refractivity contribution >= 4 is 54.5 Å². The van der Waals surface area contributed by atoms with Gasteiger partial charge in [-0.3, -0.25) is 0 Å². The van der Waals surface area contributed by atoms with E-state index >= 15 is 0 Å². The molecule has 2 heterocycles. The molecule has 0 unspecified atom stereocenters. The quantitative estimate of drug-likeness (QED) is 0.235. The molecule has 0 radical (unpaired) electrons. The largest absolute Gasteiger partial charge is 0.455 e. The normalized spacial score (nSPS) is 11.8. The number of aromatic nitrogens is 2. The van der Waals surface area contributed by atoms with Crippen molar-refractivity contribution in [2.45, 2.75) is 0 Å². The fourth-order valence-electron chi connectivity index (χ4n) is 5.45. The van der Waals surface area contributed by atoms with Crippen LogP contribution in [0.25, 0.3) is 77.0 Å². The monoisotopic (exact) mass is 472 g/mol. The van der Waals surface area contributed by atoms with E-state index in [-0.39, 0.29) is 0 Å². The van der Waals surface area contributed by atoms with Gasteiger partial charge in [0.2, 0.25) is 0 Å². The molecule has 2 aromatic heterocycles. The Kier molecular flexibility index (Phi) is 4.23. The van der Waals surface area contributed by atoms with Gasteiger partial charge in [0.1, 0.15) is 11.2 Å². The number of furan rings is 1. The standard InChI is InChI=1S/C34H20N2O/c1-2-9-22(10-3-1)31-32(35-29-19-16-21-8-4-5-11-25(21)33(29)36-31)24-15-17-26-23(20-24)14-18-28-27-12-6-7-13-30(27)37-34(26)28/h1-20H. The van der Waals surface area contributed by atoms with Crippen molar-refractivity contribution in [1.82, 2.24) is 9.97 Å². The lowest BCUT2D eigenvalue weighted by Crippen LogP contribution is -1.96. The zero-order valence-electron chi connectivity index (χ0n) is 19.8. The second-order valence-electron chi connectivity index (χ2n) is 9.42. The summed E-state index contributed by atoms with van der Waals surface area (Å²) in [4.78, 5) is 10.4. The highest BCUT2D eigenvalue weighted by Crippen LogP contribution is 2.38. The fourth-order valence-corrected chi connectivity index (χ4v) is 5.45.